The third-order valence-corrected chi connectivity index (χ3v) is 0.728. The molecule has 7 nitrogen and oxygen atoms in total. The molecule has 22 heavy (non-hydrogen) atoms. The zero-order chi connectivity index (χ0) is 18.2. The van der Waals surface area contributed by atoms with Crippen LogP contribution >= 0.6 is 0 Å². The van der Waals surface area contributed by atoms with Crippen LogP contribution < -0.4 is 6.15 Å². The van der Waals surface area contributed by atoms with Gasteiger partial charge in [0.15, 0.2) is 0 Å². The second-order valence-corrected chi connectivity index (χ2v) is 2.41. The van der Waals surface area contributed by atoms with Crippen molar-refractivity contribution in [2.75, 3.05) is 0 Å². The average molecular weight is 359 g/mol. The van der Waals surface area contributed by atoms with Crippen molar-refractivity contribution in [3.8, 4) is 0 Å². The first-order chi connectivity index (χ1) is 8.83. The van der Waals surface area contributed by atoms with Crippen molar-refractivity contribution in [3.63, 3.8) is 0 Å². The lowest BCUT2D eigenvalue weighted by atomic mass is 10.7. The lowest BCUT2D eigenvalue weighted by Gasteiger charge is -1.93. The summed E-state index contributed by atoms with van der Waals surface area (Å²) >= 11 is 0. The highest BCUT2D eigenvalue weighted by molar-refractivity contribution is 5.73. The summed E-state index contributed by atoms with van der Waals surface area (Å²) < 4.78 is 95.2. The maximum atomic E-state index is 10.6. The maximum Gasteiger partial charge on any atom is 0.490 e. The molecule has 0 aliphatic carbocycles. The Morgan fingerprint density at radius 3 is 0.545 bits per heavy atom. The van der Waals surface area contributed by atoms with Gasteiger partial charge in [0.2, 0.25) is 0 Å². The predicted molar refractivity (Wildman–Crippen MR) is 46.1 cm³/mol. The van der Waals surface area contributed by atoms with Gasteiger partial charge in [-0.05, 0) is 0 Å². The molecule has 6 N–H and O–H groups in total. The zero-order valence-electron chi connectivity index (χ0n) is 9.68. The van der Waals surface area contributed by atoms with Gasteiger partial charge in [0.05, 0.1) is 0 Å². The quantitative estimate of drug-likeness (QED) is 0.484. The van der Waals surface area contributed by atoms with Crippen molar-refractivity contribution in [2.24, 2.45) is 0 Å². The van der Waals surface area contributed by atoms with E-state index in [1.807, 2.05) is 0 Å². The van der Waals surface area contributed by atoms with Gasteiger partial charge in [-0.3, -0.25) is 0 Å². The maximum absolute atomic E-state index is 10.6. The molecule has 0 bridgehead atoms. The molecule has 0 aromatic heterocycles. The number of halogens is 9. The van der Waals surface area contributed by atoms with Crippen molar-refractivity contribution in [2.45, 2.75) is 18.5 Å². The van der Waals surface area contributed by atoms with E-state index in [-0.39, 0.29) is 6.15 Å². The molecule has 0 aromatic carbocycles. The van der Waals surface area contributed by atoms with Crippen LogP contribution in [-0.2, 0) is 14.4 Å². The van der Waals surface area contributed by atoms with Crippen LogP contribution in [0.1, 0.15) is 0 Å². The molecule has 0 fully saturated rings. The van der Waals surface area contributed by atoms with E-state index >= 15 is 0 Å². The monoisotopic (exact) mass is 359 g/mol. The summed E-state index contributed by atoms with van der Waals surface area (Å²) in [5.41, 5.74) is 0. The van der Waals surface area contributed by atoms with E-state index < -0.39 is 36.4 Å². The first kappa shape index (κ1) is 28.0. The molecule has 0 amide bonds. The van der Waals surface area contributed by atoms with Crippen LogP contribution in [0.25, 0.3) is 0 Å². The molecule has 0 atom stereocenters. The standard InChI is InChI=1S/3C2HF3O2.H3N/c3*3-2(4,5)1(6)7;/h3*(H,6,7);1H3. The third-order valence-electron chi connectivity index (χ3n) is 0.728. The molecule has 16 heteroatoms. The summed E-state index contributed by atoms with van der Waals surface area (Å²) in [7, 11) is 0. The van der Waals surface area contributed by atoms with Gasteiger partial charge < -0.3 is 21.5 Å². The van der Waals surface area contributed by atoms with E-state index in [1.54, 1.807) is 0 Å². The molecule has 0 aliphatic heterocycles. The number of hydrogen-bond donors (Lipinski definition) is 4. The van der Waals surface area contributed by atoms with Crippen LogP contribution in [0.4, 0.5) is 39.5 Å². The Balaban J connectivity index is -0.000000108. The Bertz CT molecular complexity index is 313. The molecule has 0 aliphatic rings. The fraction of sp³-hybridized carbons (Fsp3) is 0.500. The summed E-state index contributed by atoms with van der Waals surface area (Å²) in [5, 5.41) is 21.4. The number of rotatable bonds is 0. The summed E-state index contributed by atoms with van der Waals surface area (Å²) in [4.78, 5) is 26.7. The van der Waals surface area contributed by atoms with Gasteiger partial charge in [-0.2, -0.15) is 39.5 Å². The van der Waals surface area contributed by atoms with Crippen LogP contribution in [0.15, 0.2) is 0 Å². The molecule has 0 heterocycles. The van der Waals surface area contributed by atoms with Crippen molar-refractivity contribution < 1.29 is 69.2 Å². The second-order valence-electron chi connectivity index (χ2n) is 2.41. The Morgan fingerprint density at radius 1 is 0.500 bits per heavy atom. The molecule has 0 unspecified atom stereocenters. The number of carbonyl (C=O) groups is 3. The summed E-state index contributed by atoms with van der Waals surface area (Å²) in [6.45, 7) is 0. The fourth-order valence-corrected chi connectivity index (χ4v) is 0. The largest absolute Gasteiger partial charge is 0.490 e. The number of carboxylic acids is 3. The Labute approximate surface area is 113 Å². The van der Waals surface area contributed by atoms with Crippen LogP contribution in [0.3, 0.4) is 0 Å². The van der Waals surface area contributed by atoms with Gasteiger partial charge in [0.25, 0.3) is 0 Å². The van der Waals surface area contributed by atoms with E-state index in [0.29, 0.717) is 0 Å². The van der Waals surface area contributed by atoms with E-state index in [1.165, 1.54) is 0 Å². The van der Waals surface area contributed by atoms with Crippen molar-refractivity contribution >= 4 is 17.9 Å². The van der Waals surface area contributed by atoms with Crippen molar-refractivity contribution in [1.29, 1.82) is 0 Å². The van der Waals surface area contributed by atoms with Gasteiger partial charge >= 0.3 is 36.4 Å². The van der Waals surface area contributed by atoms with Crippen LogP contribution in [0.2, 0.25) is 0 Å². The number of hydrogen-bond acceptors (Lipinski definition) is 4. The van der Waals surface area contributed by atoms with Crippen LogP contribution in [0.5, 0.6) is 0 Å². The van der Waals surface area contributed by atoms with Gasteiger partial charge in [0, 0.05) is 0 Å². The van der Waals surface area contributed by atoms with Gasteiger partial charge in [-0.1, -0.05) is 0 Å². The van der Waals surface area contributed by atoms with Crippen LogP contribution in [0, 0.1) is 0 Å². The minimum atomic E-state index is -5.08. The Kier molecular flexibility index (Phi) is 12.3. The molecule has 134 valence electrons. The average Bonchev–Trinajstić information content (AvgIpc) is 2.14. The second kappa shape index (κ2) is 9.64. The number of carboxylic acid groups (broad SMARTS) is 3. The van der Waals surface area contributed by atoms with E-state index in [4.69, 9.17) is 29.7 Å². The van der Waals surface area contributed by atoms with E-state index in [2.05, 4.69) is 0 Å². The molecule has 0 saturated carbocycles. The fourth-order valence-electron chi connectivity index (χ4n) is 0. The first-order valence-electron chi connectivity index (χ1n) is 3.73. The molecule has 0 saturated heterocycles. The van der Waals surface area contributed by atoms with E-state index in [9.17, 15) is 39.5 Å². The molecule has 0 spiro atoms. The topological polar surface area (TPSA) is 147 Å². The molecule has 0 rings (SSSR count). The van der Waals surface area contributed by atoms with Gasteiger partial charge in [-0.15, -0.1) is 0 Å². The zero-order valence-corrected chi connectivity index (χ0v) is 9.68. The summed E-state index contributed by atoms with van der Waals surface area (Å²) in [6.07, 6.45) is -15.3. The van der Waals surface area contributed by atoms with Gasteiger partial charge in [-0.25, -0.2) is 14.4 Å². The SMILES string of the molecule is N.O=C(O)C(F)(F)F.O=C(O)C(F)(F)F.O=C(O)C(F)(F)F. The summed E-state index contributed by atoms with van der Waals surface area (Å²) in [5.74, 6) is -8.27. The lowest BCUT2D eigenvalue weighted by Crippen LogP contribution is -2.21. The predicted octanol–water partition coefficient (Wildman–Crippen LogP) is 2.06. The van der Waals surface area contributed by atoms with Crippen molar-refractivity contribution in [1.82, 2.24) is 6.15 Å². The highest BCUT2D eigenvalue weighted by Gasteiger charge is 2.39. The molecule has 0 radical (unpaired) electrons. The third kappa shape index (κ3) is 20.1. The van der Waals surface area contributed by atoms with Gasteiger partial charge in [0.1, 0.15) is 0 Å². The number of alkyl halides is 9. The minimum absolute atomic E-state index is 0. The Morgan fingerprint density at radius 2 is 0.545 bits per heavy atom. The highest BCUT2D eigenvalue weighted by atomic mass is 19.4. The molecule has 0 aromatic rings. The van der Waals surface area contributed by atoms with E-state index in [0.717, 1.165) is 0 Å². The first-order valence-corrected chi connectivity index (χ1v) is 3.73. The molecular formula is C6H6F9NO6. The molecular weight excluding hydrogens is 353 g/mol. The lowest BCUT2D eigenvalue weighted by molar-refractivity contribution is -0.193. The highest BCUT2D eigenvalue weighted by Crippen LogP contribution is 2.14. The van der Waals surface area contributed by atoms with Crippen molar-refractivity contribution in [3.05, 3.63) is 0 Å². The Hall–Kier alpha value is -2.26. The normalized spacial score (nSPS) is 10.8. The van der Waals surface area contributed by atoms with Crippen LogP contribution in [-0.4, -0.2) is 51.8 Å². The smallest absolute Gasteiger partial charge is 0.475 e. The summed E-state index contributed by atoms with van der Waals surface area (Å²) in [6, 6.07) is 0. The minimum Gasteiger partial charge on any atom is -0.475 e. The number of aliphatic carboxylic acids is 3.